The van der Waals surface area contributed by atoms with Crippen molar-refractivity contribution >= 4 is 17.5 Å². The molecule has 2 aromatic rings. The topological polar surface area (TPSA) is 58.6 Å². The van der Waals surface area contributed by atoms with E-state index in [0.717, 1.165) is 24.1 Å². The van der Waals surface area contributed by atoms with Crippen LogP contribution in [0.5, 0.6) is 0 Å². The third kappa shape index (κ3) is 4.92. The first-order valence-electron chi connectivity index (χ1n) is 8.95. The number of likely N-dealkylation sites (tertiary alicyclic amines) is 1. The molecule has 0 aliphatic carbocycles. The lowest BCUT2D eigenvalue weighted by atomic mass is 10.2. The summed E-state index contributed by atoms with van der Waals surface area (Å²) < 4.78 is 5.65. The van der Waals surface area contributed by atoms with Gasteiger partial charge in [-0.15, -0.1) is 0 Å². The molecular weight excluding hydrogens is 328 g/mol. The van der Waals surface area contributed by atoms with Crippen molar-refractivity contribution in [2.45, 2.75) is 39.0 Å². The van der Waals surface area contributed by atoms with Crippen LogP contribution in [0.1, 0.15) is 30.9 Å². The molecule has 2 amide bonds. The maximum absolute atomic E-state index is 12.3. The molecule has 1 saturated heterocycles. The van der Waals surface area contributed by atoms with Gasteiger partial charge >= 0.3 is 0 Å². The van der Waals surface area contributed by atoms with Crippen LogP contribution in [-0.4, -0.2) is 29.4 Å². The van der Waals surface area contributed by atoms with Gasteiger partial charge in [-0.3, -0.25) is 9.59 Å². The lowest BCUT2D eigenvalue weighted by molar-refractivity contribution is -0.128. The molecule has 3 rings (SSSR count). The molecule has 2 aromatic carbocycles. The van der Waals surface area contributed by atoms with Crippen molar-refractivity contribution in [2.75, 3.05) is 11.9 Å². The minimum atomic E-state index is -0.556. The summed E-state index contributed by atoms with van der Waals surface area (Å²) in [7, 11) is 0. The van der Waals surface area contributed by atoms with Gasteiger partial charge in [-0.05, 0) is 36.6 Å². The van der Waals surface area contributed by atoms with Crippen LogP contribution in [0.4, 0.5) is 5.69 Å². The van der Waals surface area contributed by atoms with Crippen LogP contribution in [0.2, 0.25) is 0 Å². The SMILES string of the molecule is CC(OCc1ccccc1)C(=O)Nc1cccc(CN2CCCC2=O)c1. The number of carbonyl (C=O) groups excluding carboxylic acids is 2. The van der Waals surface area contributed by atoms with Gasteiger partial charge in [0.1, 0.15) is 6.10 Å². The van der Waals surface area contributed by atoms with Crippen molar-refractivity contribution in [3.05, 3.63) is 65.7 Å². The molecule has 1 fully saturated rings. The first-order chi connectivity index (χ1) is 12.6. The van der Waals surface area contributed by atoms with Crippen LogP contribution in [0.15, 0.2) is 54.6 Å². The molecule has 0 radical (unpaired) electrons. The summed E-state index contributed by atoms with van der Waals surface area (Å²) in [5.74, 6) is 0.0118. The number of amides is 2. The molecule has 1 aliphatic rings. The molecule has 5 nitrogen and oxygen atoms in total. The van der Waals surface area contributed by atoms with Gasteiger partial charge in [-0.2, -0.15) is 0 Å². The predicted molar refractivity (Wildman–Crippen MR) is 100 cm³/mol. The average molecular weight is 352 g/mol. The first kappa shape index (κ1) is 18.1. The predicted octanol–water partition coefficient (Wildman–Crippen LogP) is 3.35. The van der Waals surface area contributed by atoms with Gasteiger partial charge < -0.3 is 15.0 Å². The van der Waals surface area contributed by atoms with Gasteiger partial charge in [0, 0.05) is 25.2 Å². The minimum Gasteiger partial charge on any atom is -0.364 e. The number of carbonyl (C=O) groups is 2. The van der Waals surface area contributed by atoms with Gasteiger partial charge in [0.2, 0.25) is 5.91 Å². The fourth-order valence-corrected chi connectivity index (χ4v) is 2.95. The summed E-state index contributed by atoms with van der Waals surface area (Å²) in [4.78, 5) is 26.0. The second-order valence-electron chi connectivity index (χ2n) is 6.55. The number of benzene rings is 2. The van der Waals surface area contributed by atoms with Crippen molar-refractivity contribution in [3.63, 3.8) is 0 Å². The Morgan fingerprint density at radius 1 is 1.15 bits per heavy atom. The lowest BCUT2D eigenvalue weighted by Crippen LogP contribution is -2.28. The maximum Gasteiger partial charge on any atom is 0.253 e. The number of ether oxygens (including phenoxy) is 1. The zero-order valence-corrected chi connectivity index (χ0v) is 15.0. The van der Waals surface area contributed by atoms with E-state index in [1.807, 2.05) is 59.5 Å². The summed E-state index contributed by atoms with van der Waals surface area (Å²) in [6.45, 7) is 3.53. The van der Waals surface area contributed by atoms with E-state index in [9.17, 15) is 9.59 Å². The summed E-state index contributed by atoms with van der Waals surface area (Å²) in [5, 5.41) is 2.89. The molecule has 1 N–H and O–H groups in total. The Labute approximate surface area is 154 Å². The van der Waals surface area contributed by atoms with Gasteiger partial charge in [-0.1, -0.05) is 42.5 Å². The molecule has 136 valence electrons. The Balaban J connectivity index is 1.53. The summed E-state index contributed by atoms with van der Waals surface area (Å²) >= 11 is 0. The third-order valence-corrected chi connectivity index (χ3v) is 4.45. The van der Waals surface area contributed by atoms with Crippen molar-refractivity contribution in [1.29, 1.82) is 0 Å². The zero-order chi connectivity index (χ0) is 18.4. The Bertz CT molecular complexity index is 761. The fourth-order valence-electron chi connectivity index (χ4n) is 2.95. The number of hydrogen-bond acceptors (Lipinski definition) is 3. The van der Waals surface area contributed by atoms with E-state index >= 15 is 0 Å². The Hall–Kier alpha value is -2.66. The number of hydrogen-bond donors (Lipinski definition) is 1. The van der Waals surface area contributed by atoms with Gasteiger partial charge in [-0.25, -0.2) is 0 Å². The van der Waals surface area contributed by atoms with E-state index in [2.05, 4.69) is 5.32 Å². The highest BCUT2D eigenvalue weighted by atomic mass is 16.5. The molecule has 1 heterocycles. The smallest absolute Gasteiger partial charge is 0.253 e. The minimum absolute atomic E-state index is 0.185. The fraction of sp³-hybridized carbons (Fsp3) is 0.333. The van der Waals surface area contributed by atoms with Crippen LogP contribution < -0.4 is 5.32 Å². The molecule has 26 heavy (non-hydrogen) atoms. The molecular formula is C21H24N2O3. The van der Waals surface area contributed by atoms with Crippen LogP contribution >= 0.6 is 0 Å². The van der Waals surface area contributed by atoms with Gasteiger partial charge in [0.15, 0.2) is 0 Å². The molecule has 0 aromatic heterocycles. The number of nitrogens with zero attached hydrogens (tertiary/aromatic N) is 1. The van der Waals surface area contributed by atoms with E-state index in [-0.39, 0.29) is 11.8 Å². The van der Waals surface area contributed by atoms with Crippen LogP contribution in [-0.2, 0) is 27.5 Å². The first-order valence-corrected chi connectivity index (χ1v) is 8.95. The van der Waals surface area contributed by atoms with E-state index in [1.54, 1.807) is 6.92 Å². The van der Waals surface area contributed by atoms with Gasteiger partial charge in [0.05, 0.1) is 6.61 Å². The normalized spacial score (nSPS) is 15.1. The Kier molecular flexibility index (Phi) is 6.02. The standard InChI is InChI=1S/C21H24N2O3/c1-16(26-15-17-7-3-2-4-8-17)21(25)22-19-10-5-9-18(13-19)14-23-12-6-11-20(23)24/h2-5,7-10,13,16H,6,11-12,14-15H2,1H3,(H,22,25). The molecule has 1 atom stereocenters. The molecule has 1 unspecified atom stereocenters. The van der Waals surface area contributed by atoms with Crippen molar-refractivity contribution in [3.8, 4) is 0 Å². The van der Waals surface area contributed by atoms with Crippen LogP contribution in [0.3, 0.4) is 0 Å². The number of nitrogens with one attached hydrogen (secondary N) is 1. The van der Waals surface area contributed by atoms with E-state index in [0.29, 0.717) is 25.3 Å². The molecule has 0 saturated carbocycles. The molecule has 5 heteroatoms. The number of rotatable bonds is 7. The van der Waals surface area contributed by atoms with Crippen molar-refractivity contribution < 1.29 is 14.3 Å². The van der Waals surface area contributed by atoms with E-state index < -0.39 is 6.10 Å². The largest absolute Gasteiger partial charge is 0.364 e. The van der Waals surface area contributed by atoms with E-state index in [4.69, 9.17) is 4.74 Å². The molecule has 1 aliphatic heterocycles. The summed E-state index contributed by atoms with van der Waals surface area (Å²) in [6, 6.07) is 17.4. The lowest BCUT2D eigenvalue weighted by Gasteiger charge is -2.17. The maximum atomic E-state index is 12.3. The van der Waals surface area contributed by atoms with Crippen molar-refractivity contribution in [1.82, 2.24) is 4.90 Å². The van der Waals surface area contributed by atoms with Crippen molar-refractivity contribution in [2.24, 2.45) is 0 Å². The quantitative estimate of drug-likeness (QED) is 0.831. The number of anilines is 1. The highest BCUT2D eigenvalue weighted by molar-refractivity contribution is 5.94. The summed E-state index contributed by atoms with van der Waals surface area (Å²) in [5.41, 5.74) is 2.76. The highest BCUT2D eigenvalue weighted by Gasteiger charge is 2.20. The van der Waals surface area contributed by atoms with E-state index in [1.165, 1.54) is 0 Å². The zero-order valence-electron chi connectivity index (χ0n) is 15.0. The second kappa shape index (κ2) is 8.63. The third-order valence-electron chi connectivity index (χ3n) is 4.45. The summed E-state index contributed by atoms with van der Waals surface area (Å²) in [6.07, 6.45) is 0.997. The Morgan fingerprint density at radius 2 is 1.92 bits per heavy atom. The monoisotopic (exact) mass is 352 g/mol. The van der Waals surface area contributed by atoms with Gasteiger partial charge in [0.25, 0.3) is 5.91 Å². The van der Waals surface area contributed by atoms with Crippen LogP contribution in [0.25, 0.3) is 0 Å². The van der Waals surface area contributed by atoms with Crippen LogP contribution in [0, 0.1) is 0 Å². The second-order valence-corrected chi connectivity index (χ2v) is 6.55. The molecule has 0 spiro atoms. The average Bonchev–Trinajstić information content (AvgIpc) is 3.05. The molecule has 0 bridgehead atoms. The Morgan fingerprint density at radius 3 is 2.65 bits per heavy atom. The highest BCUT2D eigenvalue weighted by Crippen LogP contribution is 2.17.